The van der Waals surface area contributed by atoms with Gasteiger partial charge in [0.05, 0.1) is 6.61 Å². The second-order valence-corrected chi connectivity index (χ2v) is 10.5. The molecule has 1 aliphatic carbocycles. The monoisotopic (exact) mass is 620 g/mol. The molecule has 0 N–H and O–H groups in total. The van der Waals surface area contributed by atoms with Gasteiger partial charge in [-0.15, -0.1) is 0 Å². The minimum Gasteiger partial charge on any atom is -0.491 e. The number of alkyl halides is 3. The average Bonchev–Trinajstić information content (AvgIpc) is 3.45. The molecule has 0 aromatic heterocycles. The first-order chi connectivity index (χ1) is 20.7. The number of fused-ring (bicyclic) bond motifs is 2. The van der Waals surface area contributed by atoms with E-state index in [9.17, 15) is 40.7 Å². The Hall–Kier alpha value is -4.55. The maximum absolute atomic E-state index is 14.8. The van der Waals surface area contributed by atoms with E-state index in [1.165, 1.54) is 30.3 Å². The average molecular weight is 621 g/mol. The number of benzene rings is 3. The van der Waals surface area contributed by atoms with Crippen LogP contribution in [0.25, 0.3) is 11.1 Å². The van der Waals surface area contributed by atoms with Crippen LogP contribution in [0.2, 0.25) is 0 Å². The minimum absolute atomic E-state index is 0.0284. The molecule has 44 heavy (non-hydrogen) atoms. The number of rotatable bonds is 8. The molecule has 13 heteroatoms. The van der Waals surface area contributed by atoms with Gasteiger partial charge in [-0.05, 0) is 55.2 Å². The van der Waals surface area contributed by atoms with Crippen LogP contribution in [0.3, 0.4) is 0 Å². The highest BCUT2D eigenvalue weighted by Crippen LogP contribution is 2.46. The van der Waals surface area contributed by atoms with Crippen molar-refractivity contribution >= 4 is 17.9 Å². The molecule has 7 nitrogen and oxygen atoms in total. The van der Waals surface area contributed by atoms with Crippen LogP contribution >= 0.6 is 0 Å². The fourth-order valence-electron chi connectivity index (χ4n) is 5.47. The molecule has 3 aromatic carbocycles. The number of imide groups is 1. The van der Waals surface area contributed by atoms with Gasteiger partial charge in [-0.1, -0.05) is 30.3 Å². The first kappa shape index (κ1) is 30.9. The number of ether oxygens (including phenoxy) is 2. The van der Waals surface area contributed by atoms with Crippen molar-refractivity contribution in [1.82, 2.24) is 9.80 Å². The summed E-state index contributed by atoms with van der Waals surface area (Å²) in [6, 6.07) is 8.53. The van der Waals surface area contributed by atoms with E-state index in [-0.39, 0.29) is 41.9 Å². The third kappa shape index (κ3) is 5.58. The number of hydrogen-bond acceptors (Lipinski definition) is 5. The van der Waals surface area contributed by atoms with Gasteiger partial charge in [-0.2, -0.15) is 13.2 Å². The molecule has 3 aromatic rings. The predicted octanol–water partition coefficient (Wildman–Crippen LogP) is 6.27. The maximum Gasteiger partial charge on any atom is 0.418 e. The van der Waals surface area contributed by atoms with Crippen LogP contribution in [0.1, 0.15) is 37.0 Å². The van der Waals surface area contributed by atoms with Gasteiger partial charge < -0.3 is 14.4 Å². The Morgan fingerprint density at radius 2 is 1.75 bits per heavy atom. The van der Waals surface area contributed by atoms with Gasteiger partial charge in [-0.3, -0.25) is 9.59 Å². The van der Waals surface area contributed by atoms with Crippen molar-refractivity contribution in [2.45, 2.75) is 51.1 Å². The SMILES string of the molecule is CCOc1cc(F)c(-c2ccc3c(c2)CC[C@@]32OC(=O)N(CC(=O)N(Cc3ccc(F)cc3)[C@@H](C)C(F)(F)F)C2=O)cc1F. The van der Waals surface area contributed by atoms with Crippen LogP contribution in [0.15, 0.2) is 54.6 Å². The van der Waals surface area contributed by atoms with Crippen LogP contribution in [0.4, 0.5) is 31.1 Å². The molecule has 1 aliphatic heterocycles. The van der Waals surface area contributed by atoms with Gasteiger partial charge >= 0.3 is 12.3 Å². The van der Waals surface area contributed by atoms with E-state index in [4.69, 9.17) is 9.47 Å². The van der Waals surface area contributed by atoms with E-state index in [2.05, 4.69) is 0 Å². The lowest BCUT2D eigenvalue weighted by Crippen LogP contribution is -2.51. The topological polar surface area (TPSA) is 76.2 Å². The molecule has 5 rings (SSSR count). The number of halogens is 6. The van der Waals surface area contributed by atoms with Gasteiger partial charge in [0, 0.05) is 30.2 Å². The van der Waals surface area contributed by atoms with Crippen molar-refractivity contribution in [2.24, 2.45) is 0 Å². The second kappa shape index (κ2) is 11.5. The summed E-state index contributed by atoms with van der Waals surface area (Å²) in [4.78, 5) is 40.6. The maximum atomic E-state index is 14.8. The summed E-state index contributed by atoms with van der Waals surface area (Å²) in [6.45, 7) is 0.945. The lowest BCUT2D eigenvalue weighted by atomic mass is 9.92. The van der Waals surface area contributed by atoms with Crippen molar-refractivity contribution in [3.63, 3.8) is 0 Å². The molecule has 0 saturated carbocycles. The number of carbonyl (C=O) groups is 3. The van der Waals surface area contributed by atoms with Crippen molar-refractivity contribution in [1.29, 1.82) is 0 Å². The van der Waals surface area contributed by atoms with Crippen LogP contribution in [0, 0.1) is 17.5 Å². The quantitative estimate of drug-likeness (QED) is 0.278. The zero-order chi connectivity index (χ0) is 32.0. The Balaban J connectivity index is 1.39. The molecule has 2 atom stereocenters. The predicted molar refractivity (Wildman–Crippen MR) is 144 cm³/mol. The van der Waals surface area contributed by atoms with Crippen molar-refractivity contribution < 1.29 is 50.2 Å². The smallest absolute Gasteiger partial charge is 0.418 e. The van der Waals surface area contributed by atoms with E-state index >= 15 is 0 Å². The number of nitrogens with zero attached hydrogens (tertiary/aromatic N) is 2. The fraction of sp³-hybridized carbons (Fsp3) is 0.323. The van der Waals surface area contributed by atoms with Crippen LogP contribution < -0.4 is 4.74 Å². The number of aryl methyl sites for hydroxylation is 1. The van der Waals surface area contributed by atoms with Crippen LogP contribution in [-0.2, 0) is 32.9 Å². The van der Waals surface area contributed by atoms with Crippen LogP contribution in [0.5, 0.6) is 5.75 Å². The zero-order valence-electron chi connectivity index (χ0n) is 23.5. The van der Waals surface area contributed by atoms with E-state index in [1.807, 2.05) is 0 Å². The van der Waals surface area contributed by atoms with E-state index in [1.54, 1.807) is 6.92 Å². The molecule has 1 heterocycles. The van der Waals surface area contributed by atoms with Gasteiger partial charge in [-0.25, -0.2) is 22.9 Å². The highest BCUT2D eigenvalue weighted by molar-refractivity contribution is 6.06. The van der Waals surface area contributed by atoms with Crippen molar-refractivity contribution in [3.05, 3.63) is 88.7 Å². The third-order valence-electron chi connectivity index (χ3n) is 7.81. The molecule has 0 unspecified atom stereocenters. The van der Waals surface area contributed by atoms with E-state index in [0.717, 1.165) is 31.2 Å². The molecule has 0 bridgehead atoms. The highest BCUT2D eigenvalue weighted by atomic mass is 19.4. The standard InChI is InChI=1S/C31H26F6N2O5/c1-3-43-26-14-24(33)22(13-25(26)34)19-6-9-23-20(12-19)10-11-30(23)28(41)39(29(42)44-30)16-27(40)38(17(2)31(35,36)37)15-18-4-7-21(32)8-5-18/h4-9,12-14,17H,3,10-11,15-16H2,1-2H3/t17-,30+/m0/s1. The van der Waals surface area contributed by atoms with E-state index < -0.39 is 66.3 Å². The third-order valence-corrected chi connectivity index (χ3v) is 7.81. The summed E-state index contributed by atoms with van der Waals surface area (Å²) in [5.41, 5.74) is -0.613. The molecule has 3 amide bonds. The summed E-state index contributed by atoms with van der Waals surface area (Å²) in [7, 11) is 0. The van der Waals surface area contributed by atoms with Gasteiger partial charge in [0.25, 0.3) is 5.91 Å². The molecule has 2 aliphatic rings. The zero-order valence-corrected chi connectivity index (χ0v) is 23.5. The first-order valence-corrected chi connectivity index (χ1v) is 13.7. The number of carbonyl (C=O) groups excluding carboxylic acids is 3. The Bertz CT molecular complexity index is 1630. The van der Waals surface area contributed by atoms with Crippen molar-refractivity contribution in [3.8, 4) is 16.9 Å². The lowest BCUT2D eigenvalue weighted by Gasteiger charge is -2.31. The van der Waals surface area contributed by atoms with Gasteiger partial charge in [0.2, 0.25) is 11.5 Å². The normalized spacial score (nSPS) is 18.4. The van der Waals surface area contributed by atoms with E-state index in [0.29, 0.717) is 20.9 Å². The molecule has 1 fully saturated rings. The Labute approximate surface area is 248 Å². The Kier molecular flexibility index (Phi) is 8.08. The minimum atomic E-state index is -4.83. The fourth-order valence-corrected chi connectivity index (χ4v) is 5.47. The summed E-state index contributed by atoms with van der Waals surface area (Å²) < 4.78 is 94.2. The van der Waals surface area contributed by atoms with Gasteiger partial charge in [0.1, 0.15) is 24.2 Å². The summed E-state index contributed by atoms with van der Waals surface area (Å²) >= 11 is 0. The Morgan fingerprint density at radius 1 is 1.05 bits per heavy atom. The molecule has 1 saturated heterocycles. The Morgan fingerprint density at radius 3 is 2.41 bits per heavy atom. The molecule has 0 radical (unpaired) electrons. The largest absolute Gasteiger partial charge is 0.491 e. The molecular weight excluding hydrogens is 594 g/mol. The van der Waals surface area contributed by atoms with Crippen molar-refractivity contribution in [2.75, 3.05) is 13.2 Å². The summed E-state index contributed by atoms with van der Waals surface area (Å²) in [5.74, 6) is -4.48. The summed E-state index contributed by atoms with van der Waals surface area (Å²) in [6.07, 6.45) is -5.87. The molecule has 1 spiro atoms. The number of hydrogen-bond donors (Lipinski definition) is 0. The van der Waals surface area contributed by atoms with Gasteiger partial charge in [0.15, 0.2) is 11.6 Å². The molecule has 232 valence electrons. The number of amides is 3. The summed E-state index contributed by atoms with van der Waals surface area (Å²) in [5, 5.41) is 0. The second-order valence-electron chi connectivity index (χ2n) is 10.5. The lowest BCUT2D eigenvalue weighted by molar-refractivity contribution is -0.187. The van der Waals surface area contributed by atoms with Crippen LogP contribution in [-0.4, -0.2) is 53.1 Å². The first-order valence-electron chi connectivity index (χ1n) is 13.7. The molecular formula is C31H26F6N2O5. The highest BCUT2D eigenvalue weighted by Gasteiger charge is 2.58.